The molecule has 0 radical (unpaired) electrons. The van der Waals surface area contributed by atoms with E-state index in [-0.39, 0.29) is 11.9 Å². The van der Waals surface area contributed by atoms with Crippen molar-refractivity contribution in [1.29, 1.82) is 0 Å². The second-order valence-corrected chi connectivity index (χ2v) is 8.97. The summed E-state index contributed by atoms with van der Waals surface area (Å²) in [4.78, 5) is 20.4. The maximum absolute atomic E-state index is 13.5. The molecule has 1 amide bonds. The maximum Gasteiger partial charge on any atom is 0.256 e. The molecule has 140 valence electrons. The van der Waals surface area contributed by atoms with Gasteiger partial charge in [-0.2, -0.15) is 11.8 Å². The lowest BCUT2D eigenvalue weighted by Gasteiger charge is -2.33. The van der Waals surface area contributed by atoms with E-state index in [1.54, 1.807) is 0 Å². The number of nitrogens with zero attached hydrogens (tertiary/aromatic N) is 2. The molecule has 1 saturated carbocycles. The fraction of sp³-hybridized carbons (Fsp3) is 0.619. The van der Waals surface area contributed by atoms with E-state index < -0.39 is 11.6 Å². The number of rotatable bonds is 3. The van der Waals surface area contributed by atoms with Gasteiger partial charge in [0.25, 0.3) is 5.91 Å². The number of aliphatic imine (C=N–C) groups is 1. The molecule has 26 heavy (non-hydrogen) atoms. The van der Waals surface area contributed by atoms with Crippen molar-refractivity contribution in [2.24, 2.45) is 4.99 Å². The highest BCUT2D eigenvalue weighted by Gasteiger charge is 2.51. The lowest BCUT2D eigenvalue weighted by molar-refractivity contribution is -0.133. The molecule has 1 aromatic rings. The molecule has 1 aliphatic carbocycles. The number of amidine groups is 1. The van der Waals surface area contributed by atoms with E-state index in [0.717, 1.165) is 55.6 Å². The van der Waals surface area contributed by atoms with Crippen molar-refractivity contribution in [3.8, 4) is 0 Å². The van der Waals surface area contributed by atoms with Gasteiger partial charge in [-0.1, -0.05) is 56.0 Å². The molecular formula is C21H28N2O2S. The lowest BCUT2D eigenvalue weighted by atomic mass is 9.91. The van der Waals surface area contributed by atoms with Crippen LogP contribution >= 0.6 is 11.8 Å². The Bertz CT molecular complexity index is 662. The van der Waals surface area contributed by atoms with Crippen molar-refractivity contribution < 1.29 is 9.90 Å². The maximum atomic E-state index is 13.5. The number of aliphatic hydroxyl groups is 1. The van der Waals surface area contributed by atoms with Crippen molar-refractivity contribution in [1.82, 2.24) is 4.90 Å². The number of hydrogen-bond acceptors (Lipinski definition) is 4. The van der Waals surface area contributed by atoms with Gasteiger partial charge in [0.05, 0.1) is 0 Å². The van der Waals surface area contributed by atoms with Gasteiger partial charge in [-0.25, -0.2) is 0 Å². The van der Waals surface area contributed by atoms with Crippen molar-refractivity contribution >= 4 is 23.5 Å². The topological polar surface area (TPSA) is 52.9 Å². The van der Waals surface area contributed by atoms with E-state index in [0.29, 0.717) is 5.84 Å². The van der Waals surface area contributed by atoms with Crippen molar-refractivity contribution in [2.45, 2.75) is 69.1 Å². The van der Waals surface area contributed by atoms with Crippen LogP contribution in [0.5, 0.6) is 0 Å². The van der Waals surface area contributed by atoms with Crippen LogP contribution in [0, 0.1) is 0 Å². The van der Waals surface area contributed by atoms with Crippen LogP contribution in [0.4, 0.5) is 0 Å². The first-order valence-corrected chi connectivity index (χ1v) is 11.1. The average molecular weight is 373 g/mol. The molecular weight excluding hydrogens is 344 g/mol. The van der Waals surface area contributed by atoms with Crippen LogP contribution in [-0.4, -0.2) is 44.8 Å². The minimum Gasteiger partial charge on any atom is -0.380 e. The van der Waals surface area contributed by atoms with Crippen LogP contribution in [-0.2, 0) is 4.79 Å². The molecule has 1 spiro atoms. The lowest BCUT2D eigenvalue weighted by Crippen LogP contribution is -2.49. The zero-order valence-electron chi connectivity index (χ0n) is 15.3. The third-order valence-corrected chi connectivity index (χ3v) is 7.05. The summed E-state index contributed by atoms with van der Waals surface area (Å²) >= 11 is 1.90. The zero-order chi connectivity index (χ0) is 18.0. The Kier molecular flexibility index (Phi) is 5.37. The summed E-state index contributed by atoms with van der Waals surface area (Å²) in [6.45, 7) is 0. The molecule has 2 fully saturated rings. The van der Waals surface area contributed by atoms with Gasteiger partial charge < -0.3 is 5.11 Å². The number of hydrogen-bond donors (Lipinski definition) is 1. The van der Waals surface area contributed by atoms with Crippen LogP contribution in [0.15, 0.2) is 35.3 Å². The van der Waals surface area contributed by atoms with E-state index >= 15 is 0 Å². The van der Waals surface area contributed by atoms with Crippen LogP contribution < -0.4 is 0 Å². The molecule has 1 unspecified atom stereocenters. The quantitative estimate of drug-likeness (QED) is 0.818. The van der Waals surface area contributed by atoms with Crippen LogP contribution in [0.25, 0.3) is 0 Å². The van der Waals surface area contributed by atoms with Crippen LogP contribution in [0.2, 0.25) is 0 Å². The molecule has 1 aromatic carbocycles. The first-order valence-electron chi connectivity index (χ1n) is 9.95. The standard InChI is InChI=1S/C21H28N2O2S/c24-18(16-8-4-3-5-9-16)19-22-21(12-14-26-15-13-21)20(25)23(19)17-10-6-1-2-7-11-17/h3-5,8-9,17-18,24H,1-2,6-7,10-15H2. The van der Waals surface area contributed by atoms with Gasteiger partial charge in [-0.05, 0) is 42.8 Å². The minimum atomic E-state index is -0.822. The number of carbonyl (C=O) groups is 1. The van der Waals surface area contributed by atoms with Gasteiger partial charge in [0, 0.05) is 6.04 Å². The normalized spacial score (nSPS) is 25.2. The number of carbonyl (C=O) groups excluding carboxylic acids is 1. The van der Waals surface area contributed by atoms with Crippen molar-refractivity contribution in [3.63, 3.8) is 0 Å². The van der Waals surface area contributed by atoms with Gasteiger partial charge in [0.15, 0.2) is 0 Å². The molecule has 2 heterocycles. The van der Waals surface area contributed by atoms with E-state index in [2.05, 4.69) is 0 Å². The summed E-state index contributed by atoms with van der Waals surface area (Å²) in [5, 5.41) is 11.1. The number of aliphatic hydroxyl groups excluding tert-OH is 1. The third kappa shape index (κ3) is 3.31. The summed E-state index contributed by atoms with van der Waals surface area (Å²) in [7, 11) is 0. The van der Waals surface area contributed by atoms with Gasteiger partial charge in [-0.3, -0.25) is 14.7 Å². The summed E-state index contributed by atoms with van der Waals surface area (Å²) in [6, 6.07) is 9.84. The van der Waals surface area contributed by atoms with Gasteiger partial charge >= 0.3 is 0 Å². The molecule has 3 aliphatic rings. The highest BCUT2D eigenvalue weighted by molar-refractivity contribution is 7.99. The van der Waals surface area contributed by atoms with Gasteiger partial charge in [-0.15, -0.1) is 0 Å². The number of amides is 1. The Labute approximate surface area is 160 Å². The fourth-order valence-corrected chi connectivity index (χ4v) is 5.70. The molecule has 4 nitrogen and oxygen atoms in total. The Balaban J connectivity index is 1.70. The Morgan fingerprint density at radius 1 is 1.08 bits per heavy atom. The average Bonchev–Trinajstić information content (AvgIpc) is 2.87. The first kappa shape index (κ1) is 18.1. The summed E-state index contributed by atoms with van der Waals surface area (Å²) in [6.07, 6.45) is 7.63. The van der Waals surface area contributed by atoms with E-state index in [4.69, 9.17) is 4.99 Å². The molecule has 0 bridgehead atoms. The number of benzene rings is 1. The minimum absolute atomic E-state index is 0.148. The largest absolute Gasteiger partial charge is 0.380 e. The first-order chi connectivity index (χ1) is 12.7. The molecule has 2 aliphatic heterocycles. The monoisotopic (exact) mass is 372 g/mol. The molecule has 1 N–H and O–H groups in total. The van der Waals surface area contributed by atoms with Crippen LogP contribution in [0.3, 0.4) is 0 Å². The predicted octanol–water partition coefficient (Wildman–Crippen LogP) is 3.95. The van der Waals surface area contributed by atoms with E-state index in [1.807, 2.05) is 47.0 Å². The van der Waals surface area contributed by atoms with E-state index in [9.17, 15) is 9.90 Å². The summed E-state index contributed by atoms with van der Waals surface area (Å²) in [5.74, 6) is 2.69. The van der Waals surface area contributed by atoms with Crippen LogP contribution in [0.1, 0.15) is 63.0 Å². The SMILES string of the molecule is O=C1N(C2CCCCCC2)C(C(O)c2ccccc2)=NC12CCSCC2. The summed E-state index contributed by atoms with van der Waals surface area (Å²) < 4.78 is 0. The Morgan fingerprint density at radius 3 is 2.38 bits per heavy atom. The Hall–Kier alpha value is -1.33. The summed E-state index contributed by atoms with van der Waals surface area (Å²) in [5.41, 5.74) is 0.197. The third-order valence-electron chi connectivity index (χ3n) is 6.06. The van der Waals surface area contributed by atoms with Crippen molar-refractivity contribution in [3.05, 3.63) is 35.9 Å². The smallest absolute Gasteiger partial charge is 0.256 e. The predicted molar refractivity (Wildman–Crippen MR) is 106 cm³/mol. The molecule has 4 rings (SSSR count). The second-order valence-electron chi connectivity index (χ2n) is 7.75. The fourth-order valence-electron chi connectivity index (χ4n) is 4.53. The van der Waals surface area contributed by atoms with E-state index in [1.165, 1.54) is 12.8 Å². The highest BCUT2D eigenvalue weighted by atomic mass is 32.2. The molecule has 5 heteroatoms. The Morgan fingerprint density at radius 2 is 1.73 bits per heavy atom. The van der Waals surface area contributed by atoms with Gasteiger partial charge in [0.2, 0.25) is 0 Å². The highest BCUT2D eigenvalue weighted by Crippen LogP contribution is 2.41. The van der Waals surface area contributed by atoms with Crippen molar-refractivity contribution in [2.75, 3.05) is 11.5 Å². The number of thioether (sulfide) groups is 1. The molecule has 1 atom stereocenters. The molecule has 1 saturated heterocycles. The molecule has 0 aromatic heterocycles. The zero-order valence-corrected chi connectivity index (χ0v) is 16.1. The second kappa shape index (κ2) is 7.73. The van der Waals surface area contributed by atoms with Gasteiger partial charge in [0.1, 0.15) is 17.5 Å².